The third-order valence-corrected chi connectivity index (χ3v) is 2.55. The van der Waals surface area contributed by atoms with Gasteiger partial charge in [0.1, 0.15) is 0 Å². The van der Waals surface area contributed by atoms with Gasteiger partial charge in [-0.2, -0.15) is 5.10 Å². The summed E-state index contributed by atoms with van der Waals surface area (Å²) in [6.45, 7) is 2.55. The van der Waals surface area contributed by atoms with E-state index in [9.17, 15) is 4.79 Å². The van der Waals surface area contributed by atoms with E-state index < -0.39 is 0 Å². The molecule has 1 aliphatic rings. The van der Waals surface area contributed by atoms with Gasteiger partial charge in [-0.3, -0.25) is 9.48 Å². The van der Waals surface area contributed by atoms with Crippen LogP contribution in [0.5, 0.6) is 0 Å². The molecule has 1 fully saturated rings. The highest BCUT2D eigenvalue weighted by molar-refractivity contribution is 5.76. The lowest BCUT2D eigenvalue weighted by molar-refractivity contribution is -0.121. The zero-order chi connectivity index (χ0) is 10.5. The van der Waals surface area contributed by atoms with Crippen LogP contribution in [0.15, 0.2) is 18.5 Å². The molecule has 1 amide bonds. The molecule has 1 aromatic heterocycles. The van der Waals surface area contributed by atoms with Crippen molar-refractivity contribution in [2.24, 2.45) is 0 Å². The fourth-order valence-corrected chi connectivity index (χ4v) is 1.73. The summed E-state index contributed by atoms with van der Waals surface area (Å²) >= 11 is 0. The Morgan fingerprint density at radius 2 is 2.60 bits per heavy atom. The monoisotopic (exact) mass is 208 g/mol. The number of carbonyl (C=O) groups excluding carboxylic acids is 1. The highest BCUT2D eigenvalue weighted by atomic mass is 16.1. The number of aryl methyl sites for hydroxylation is 1. The highest BCUT2D eigenvalue weighted by Crippen LogP contribution is 1.98. The molecule has 0 unspecified atom stereocenters. The van der Waals surface area contributed by atoms with Gasteiger partial charge in [-0.05, 0) is 19.0 Å². The summed E-state index contributed by atoms with van der Waals surface area (Å²) < 4.78 is 1.77. The van der Waals surface area contributed by atoms with E-state index in [4.69, 9.17) is 0 Å². The first-order chi connectivity index (χ1) is 7.34. The summed E-state index contributed by atoms with van der Waals surface area (Å²) in [6.07, 6.45) is 5.12. The first-order valence-corrected chi connectivity index (χ1v) is 5.32. The van der Waals surface area contributed by atoms with Crippen molar-refractivity contribution >= 4 is 5.91 Å². The van der Waals surface area contributed by atoms with Crippen LogP contribution >= 0.6 is 0 Å². The van der Waals surface area contributed by atoms with Crippen molar-refractivity contribution < 1.29 is 4.79 Å². The first-order valence-electron chi connectivity index (χ1n) is 5.32. The third-order valence-electron chi connectivity index (χ3n) is 2.55. The van der Waals surface area contributed by atoms with Crippen LogP contribution in [-0.4, -0.2) is 34.8 Å². The van der Waals surface area contributed by atoms with E-state index in [-0.39, 0.29) is 5.91 Å². The van der Waals surface area contributed by atoms with Crippen molar-refractivity contribution in [3.8, 4) is 0 Å². The minimum atomic E-state index is 0.110. The summed E-state index contributed by atoms with van der Waals surface area (Å²) in [4.78, 5) is 11.5. The van der Waals surface area contributed by atoms with Crippen molar-refractivity contribution in [3.63, 3.8) is 0 Å². The molecule has 0 aliphatic carbocycles. The molecule has 2 N–H and O–H groups in total. The summed E-state index contributed by atoms with van der Waals surface area (Å²) in [7, 11) is 0. The number of rotatable bonds is 4. The van der Waals surface area contributed by atoms with Crippen LogP contribution in [0.2, 0.25) is 0 Å². The zero-order valence-electron chi connectivity index (χ0n) is 8.65. The summed E-state index contributed by atoms with van der Waals surface area (Å²) in [6, 6.07) is 2.17. The molecular weight excluding hydrogens is 192 g/mol. The van der Waals surface area contributed by atoms with E-state index in [0.717, 1.165) is 19.5 Å². The van der Waals surface area contributed by atoms with E-state index in [1.807, 2.05) is 12.3 Å². The standard InChI is InChI=1S/C10H16N4O/c15-10(13-9-2-5-11-8-9)3-7-14-6-1-4-12-14/h1,4,6,9,11H,2-3,5,7-8H2,(H,13,15)/t9-/m1/s1. The van der Waals surface area contributed by atoms with Gasteiger partial charge in [0, 0.05) is 37.9 Å². The number of hydrogen-bond acceptors (Lipinski definition) is 3. The number of nitrogens with one attached hydrogen (secondary N) is 2. The van der Waals surface area contributed by atoms with Gasteiger partial charge in [-0.15, -0.1) is 0 Å². The van der Waals surface area contributed by atoms with Gasteiger partial charge in [0.05, 0.1) is 0 Å². The normalized spacial score (nSPS) is 20.4. The maximum absolute atomic E-state index is 11.5. The molecule has 0 bridgehead atoms. The molecule has 2 rings (SSSR count). The number of carbonyl (C=O) groups is 1. The Hall–Kier alpha value is -1.36. The Kier molecular flexibility index (Phi) is 3.34. The average Bonchev–Trinajstić information content (AvgIpc) is 2.86. The highest BCUT2D eigenvalue weighted by Gasteiger charge is 2.16. The number of hydrogen-bond donors (Lipinski definition) is 2. The van der Waals surface area contributed by atoms with Gasteiger partial charge >= 0.3 is 0 Å². The third kappa shape index (κ3) is 3.06. The van der Waals surface area contributed by atoms with Crippen molar-refractivity contribution in [3.05, 3.63) is 18.5 Å². The molecule has 15 heavy (non-hydrogen) atoms. The van der Waals surface area contributed by atoms with Gasteiger partial charge in [0.25, 0.3) is 0 Å². The molecule has 5 nitrogen and oxygen atoms in total. The van der Waals surface area contributed by atoms with Crippen molar-refractivity contribution in [1.82, 2.24) is 20.4 Å². The molecule has 1 aromatic rings. The molecule has 82 valence electrons. The Balaban J connectivity index is 1.68. The van der Waals surface area contributed by atoms with Gasteiger partial charge in [0.2, 0.25) is 5.91 Å². The lowest BCUT2D eigenvalue weighted by Gasteiger charge is -2.10. The molecule has 1 atom stereocenters. The smallest absolute Gasteiger partial charge is 0.222 e. The summed E-state index contributed by atoms with van der Waals surface area (Å²) in [5, 5.41) is 10.3. The first kappa shape index (κ1) is 10.2. The molecule has 5 heteroatoms. The summed E-state index contributed by atoms with van der Waals surface area (Å²) in [5.74, 6) is 0.110. The minimum absolute atomic E-state index is 0.110. The lowest BCUT2D eigenvalue weighted by Crippen LogP contribution is -2.36. The van der Waals surface area contributed by atoms with Crippen LogP contribution < -0.4 is 10.6 Å². The molecule has 1 saturated heterocycles. The predicted molar refractivity (Wildman–Crippen MR) is 56.3 cm³/mol. The fourth-order valence-electron chi connectivity index (χ4n) is 1.73. The van der Waals surface area contributed by atoms with Crippen LogP contribution in [0.1, 0.15) is 12.8 Å². The van der Waals surface area contributed by atoms with Crippen LogP contribution in [0.3, 0.4) is 0 Å². The topological polar surface area (TPSA) is 59.0 Å². The SMILES string of the molecule is O=C(CCn1cccn1)N[C@@H]1CCNC1. The van der Waals surface area contributed by atoms with Crippen molar-refractivity contribution in [2.75, 3.05) is 13.1 Å². The maximum atomic E-state index is 11.5. The quantitative estimate of drug-likeness (QED) is 0.717. The molecule has 0 aromatic carbocycles. The predicted octanol–water partition coefficient (Wildman–Crippen LogP) is -0.249. The zero-order valence-corrected chi connectivity index (χ0v) is 8.65. The maximum Gasteiger partial charge on any atom is 0.222 e. The van der Waals surface area contributed by atoms with Crippen LogP contribution in [0.4, 0.5) is 0 Å². The number of aromatic nitrogens is 2. The Bertz CT molecular complexity index is 303. The van der Waals surface area contributed by atoms with E-state index in [1.54, 1.807) is 10.9 Å². The van der Waals surface area contributed by atoms with Crippen LogP contribution in [0, 0.1) is 0 Å². The molecule has 0 spiro atoms. The second-order valence-electron chi connectivity index (χ2n) is 3.78. The molecule has 0 saturated carbocycles. The Labute approximate surface area is 88.8 Å². The largest absolute Gasteiger partial charge is 0.352 e. The Morgan fingerprint density at radius 3 is 3.27 bits per heavy atom. The Morgan fingerprint density at radius 1 is 1.67 bits per heavy atom. The second-order valence-corrected chi connectivity index (χ2v) is 3.78. The fraction of sp³-hybridized carbons (Fsp3) is 0.600. The van der Waals surface area contributed by atoms with Gasteiger partial charge < -0.3 is 10.6 Å². The van der Waals surface area contributed by atoms with E-state index in [0.29, 0.717) is 19.0 Å². The molecule has 0 radical (unpaired) electrons. The van der Waals surface area contributed by atoms with Crippen molar-refractivity contribution in [1.29, 1.82) is 0 Å². The summed E-state index contributed by atoms with van der Waals surface area (Å²) in [5.41, 5.74) is 0. The van der Waals surface area contributed by atoms with E-state index >= 15 is 0 Å². The molecule has 2 heterocycles. The van der Waals surface area contributed by atoms with Crippen LogP contribution in [-0.2, 0) is 11.3 Å². The lowest BCUT2D eigenvalue weighted by atomic mass is 10.2. The van der Waals surface area contributed by atoms with E-state index in [1.165, 1.54) is 0 Å². The van der Waals surface area contributed by atoms with E-state index in [2.05, 4.69) is 15.7 Å². The van der Waals surface area contributed by atoms with Gasteiger partial charge in [0.15, 0.2) is 0 Å². The van der Waals surface area contributed by atoms with Gasteiger partial charge in [-0.1, -0.05) is 0 Å². The minimum Gasteiger partial charge on any atom is -0.352 e. The number of nitrogens with zero attached hydrogens (tertiary/aromatic N) is 2. The van der Waals surface area contributed by atoms with Gasteiger partial charge in [-0.25, -0.2) is 0 Å². The second kappa shape index (κ2) is 4.93. The number of amides is 1. The average molecular weight is 208 g/mol. The molecular formula is C10H16N4O. The van der Waals surface area contributed by atoms with Crippen molar-refractivity contribution in [2.45, 2.75) is 25.4 Å². The molecule has 1 aliphatic heterocycles. The van der Waals surface area contributed by atoms with Crippen LogP contribution in [0.25, 0.3) is 0 Å².